The van der Waals surface area contributed by atoms with E-state index in [4.69, 9.17) is 15.7 Å². The number of hydrogen-bond acceptors (Lipinski definition) is 7. The summed E-state index contributed by atoms with van der Waals surface area (Å²) >= 11 is 0. The SMILES string of the molecule is NC1=C(N2CCC3CC4C(C2)CC4(c2ncc(C4CCNCC4)cn2)C3)C=C(c2ccccc2O)N[NH2+]1. The minimum atomic E-state index is 0.162. The van der Waals surface area contributed by atoms with Crippen LogP contribution in [-0.4, -0.2) is 46.2 Å². The average molecular weight is 501 g/mol. The first-order chi connectivity index (χ1) is 18.1. The monoisotopic (exact) mass is 500 g/mol. The molecule has 1 aromatic carbocycles. The van der Waals surface area contributed by atoms with Gasteiger partial charge in [0.1, 0.15) is 17.3 Å². The van der Waals surface area contributed by atoms with Crippen molar-refractivity contribution in [3.8, 4) is 5.75 Å². The van der Waals surface area contributed by atoms with E-state index >= 15 is 0 Å². The van der Waals surface area contributed by atoms with Crippen molar-refractivity contribution in [1.82, 2.24) is 25.6 Å². The lowest BCUT2D eigenvalue weighted by Crippen LogP contribution is -2.93. The van der Waals surface area contributed by atoms with Gasteiger partial charge >= 0.3 is 0 Å². The molecule has 8 heteroatoms. The van der Waals surface area contributed by atoms with Gasteiger partial charge in [-0.05, 0) is 99.1 Å². The summed E-state index contributed by atoms with van der Waals surface area (Å²) in [4.78, 5) is 12.5. The third kappa shape index (κ3) is 3.89. The second kappa shape index (κ2) is 9.03. The van der Waals surface area contributed by atoms with Crippen molar-refractivity contribution in [2.24, 2.45) is 23.5 Å². The molecular formula is C29H38N7O+. The maximum absolute atomic E-state index is 10.4. The lowest BCUT2D eigenvalue weighted by molar-refractivity contribution is -0.656. The number of phenolic OH excluding ortho intramolecular Hbond substituents is 1. The Balaban J connectivity index is 1.11. The minimum absolute atomic E-state index is 0.162. The van der Waals surface area contributed by atoms with Gasteiger partial charge in [0.2, 0.25) is 5.82 Å². The molecule has 7 rings (SSSR count). The van der Waals surface area contributed by atoms with Gasteiger partial charge in [0, 0.05) is 36.5 Å². The zero-order chi connectivity index (χ0) is 25.0. The Morgan fingerprint density at radius 1 is 1.08 bits per heavy atom. The fourth-order valence-corrected chi connectivity index (χ4v) is 7.94. The molecule has 4 heterocycles. The van der Waals surface area contributed by atoms with Crippen LogP contribution in [0.3, 0.4) is 0 Å². The van der Waals surface area contributed by atoms with Crippen LogP contribution in [0.2, 0.25) is 0 Å². The molecular weight excluding hydrogens is 462 g/mol. The Kier molecular flexibility index (Phi) is 5.62. The zero-order valence-electron chi connectivity index (χ0n) is 21.4. The number of nitrogens with one attached hydrogen (secondary N) is 2. The topological polar surface area (TPSA) is 116 Å². The largest absolute Gasteiger partial charge is 0.507 e. The van der Waals surface area contributed by atoms with Gasteiger partial charge < -0.3 is 21.1 Å². The highest BCUT2D eigenvalue weighted by Gasteiger charge is 2.62. The summed E-state index contributed by atoms with van der Waals surface area (Å²) in [6.45, 7) is 4.21. The number of nitrogens with zero attached hydrogens (tertiary/aromatic N) is 3. The molecule has 0 radical (unpaired) electrons. The molecule has 0 amide bonds. The maximum atomic E-state index is 10.4. The molecule has 4 fully saturated rings. The summed E-state index contributed by atoms with van der Waals surface area (Å²) in [5.74, 6) is 4.72. The van der Waals surface area contributed by atoms with E-state index in [2.05, 4.69) is 34.1 Å². The molecule has 2 aromatic rings. The van der Waals surface area contributed by atoms with Crippen LogP contribution in [0.5, 0.6) is 5.75 Å². The van der Waals surface area contributed by atoms with Crippen molar-refractivity contribution in [2.45, 2.75) is 49.9 Å². The maximum Gasteiger partial charge on any atom is 0.244 e. The number of para-hydroxylation sites is 1. The molecule has 7 N–H and O–H groups in total. The predicted molar refractivity (Wildman–Crippen MR) is 141 cm³/mol. The number of hydrogen-bond donors (Lipinski definition) is 5. The van der Waals surface area contributed by atoms with Crippen molar-refractivity contribution in [2.75, 3.05) is 26.2 Å². The van der Waals surface area contributed by atoms with Crippen LogP contribution in [0.25, 0.3) is 5.70 Å². The minimum Gasteiger partial charge on any atom is -0.507 e. The van der Waals surface area contributed by atoms with Gasteiger partial charge in [-0.15, -0.1) is 0 Å². The predicted octanol–water partition coefficient (Wildman–Crippen LogP) is 1.89. The number of fused-ring (bicyclic) bond motifs is 1. The Bertz CT molecular complexity index is 1240. The molecule has 2 saturated heterocycles. The van der Waals surface area contributed by atoms with Crippen LogP contribution < -0.4 is 21.9 Å². The van der Waals surface area contributed by atoms with Gasteiger partial charge in [-0.25, -0.2) is 15.4 Å². The summed E-state index contributed by atoms with van der Waals surface area (Å²) in [5, 5.41) is 13.8. The van der Waals surface area contributed by atoms with E-state index < -0.39 is 0 Å². The molecule has 0 spiro atoms. The number of likely N-dealkylation sites (tertiary alicyclic amines) is 1. The van der Waals surface area contributed by atoms with E-state index in [0.29, 0.717) is 23.7 Å². The fraction of sp³-hybridized carbons (Fsp3) is 0.517. The number of allylic oxidation sites excluding steroid dienone is 1. The van der Waals surface area contributed by atoms with Gasteiger partial charge in [0.15, 0.2) is 0 Å². The lowest BCUT2D eigenvalue weighted by Gasteiger charge is -2.52. The summed E-state index contributed by atoms with van der Waals surface area (Å²) in [6, 6.07) is 7.45. The number of benzene rings is 1. The molecule has 2 aliphatic carbocycles. The van der Waals surface area contributed by atoms with Crippen LogP contribution in [0, 0.1) is 17.8 Å². The van der Waals surface area contributed by atoms with E-state index in [1.165, 1.54) is 44.1 Å². The van der Waals surface area contributed by atoms with E-state index in [9.17, 15) is 5.11 Å². The lowest BCUT2D eigenvalue weighted by atomic mass is 9.54. The van der Waals surface area contributed by atoms with Crippen LogP contribution >= 0.6 is 0 Å². The standard InChI is InChI=1S/C29H37N7O/c30-27-25(12-24(34-35-27)22-3-1-2-4-26(22)37)36-10-7-18-11-23-20(17-36)14-29(23,13-18)28-32-15-21(16-33-28)19-5-8-31-9-6-19/h1-4,12,15-16,18-20,23,31,34-35,37H,5-11,13-14,17,30H2/p+1. The Labute approximate surface area is 218 Å². The summed E-state index contributed by atoms with van der Waals surface area (Å²) in [7, 11) is 0. The van der Waals surface area contributed by atoms with Crippen molar-refractivity contribution < 1.29 is 10.5 Å². The number of piperidine rings is 1. The fourth-order valence-electron chi connectivity index (χ4n) is 7.94. The first-order valence-electron chi connectivity index (χ1n) is 14.0. The molecule has 2 bridgehead atoms. The Morgan fingerprint density at radius 3 is 2.70 bits per heavy atom. The average Bonchev–Trinajstić information content (AvgIpc) is 3.28. The third-order valence-corrected chi connectivity index (χ3v) is 9.83. The highest BCUT2D eigenvalue weighted by molar-refractivity contribution is 5.70. The van der Waals surface area contributed by atoms with Crippen LogP contribution in [0.15, 0.2) is 54.3 Å². The van der Waals surface area contributed by atoms with Gasteiger partial charge in [0.05, 0.1) is 5.70 Å². The number of quaternary nitrogens is 1. The molecule has 3 aliphatic heterocycles. The van der Waals surface area contributed by atoms with E-state index in [-0.39, 0.29) is 11.2 Å². The van der Waals surface area contributed by atoms with Crippen LogP contribution in [0.4, 0.5) is 0 Å². The van der Waals surface area contributed by atoms with Crippen molar-refractivity contribution in [1.29, 1.82) is 0 Å². The van der Waals surface area contributed by atoms with Crippen molar-refractivity contribution in [3.63, 3.8) is 0 Å². The normalized spacial score (nSPS) is 31.7. The molecule has 1 aromatic heterocycles. The summed E-state index contributed by atoms with van der Waals surface area (Å²) in [5.41, 5.74) is 15.9. The number of aromatic nitrogens is 2. The molecule has 2 saturated carbocycles. The number of aromatic hydroxyl groups is 1. The van der Waals surface area contributed by atoms with E-state index in [1.54, 1.807) is 6.07 Å². The second-order valence-corrected chi connectivity index (χ2v) is 11.8. The van der Waals surface area contributed by atoms with Crippen LogP contribution in [0.1, 0.15) is 61.4 Å². The smallest absolute Gasteiger partial charge is 0.244 e. The first kappa shape index (κ1) is 23.0. The quantitative estimate of drug-likeness (QED) is 0.407. The molecule has 4 atom stereocenters. The van der Waals surface area contributed by atoms with Gasteiger partial charge in [-0.1, -0.05) is 12.1 Å². The number of phenols is 1. The Morgan fingerprint density at radius 2 is 1.89 bits per heavy atom. The number of nitrogens with two attached hydrogens (primary N) is 2. The Hall–Kier alpha value is -3.10. The molecule has 8 nitrogen and oxygen atoms in total. The molecule has 37 heavy (non-hydrogen) atoms. The summed E-state index contributed by atoms with van der Waals surface area (Å²) in [6.07, 6.45) is 13.6. The zero-order valence-corrected chi connectivity index (χ0v) is 21.4. The van der Waals surface area contributed by atoms with Gasteiger partial charge in [-0.3, -0.25) is 0 Å². The number of rotatable bonds is 4. The summed E-state index contributed by atoms with van der Waals surface area (Å²) < 4.78 is 0. The second-order valence-electron chi connectivity index (χ2n) is 11.8. The van der Waals surface area contributed by atoms with Crippen molar-refractivity contribution >= 4 is 5.70 Å². The highest BCUT2D eigenvalue weighted by Crippen LogP contribution is 2.64. The van der Waals surface area contributed by atoms with Gasteiger partial charge in [-0.2, -0.15) is 5.43 Å². The van der Waals surface area contributed by atoms with Gasteiger partial charge in [0.25, 0.3) is 0 Å². The molecule has 4 unspecified atom stereocenters. The highest BCUT2D eigenvalue weighted by atomic mass is 16.3. The third-order valence-electron chi connectivity index (χ3n) is 9.83. The van der Waals surface area contributed by atoms with E-state index in [1.807, 2.05) is 23.6 Å². The first-order valence-corrected chi connectivity index (χ1v) is 14.0. The van der Waals surface area contributed by atoms with Crippen LogP contribution in [-0.2, 0) is 5.41 Å². The van der Waals surface area contributed by atoms with E-state index in [0.717, 1.165) is 54.8 Å². The molecule has 194 valence electrons. The molecule has 5 aliphatic rings. The van der Waals surface area contributed by atoms with Crippen molar-refractivity contribution in [3.05, 3.63) is 71.2 Å².